The number of carbonyl (C=O) groups is 1. The Labute approximate surface area is 111 Å². The second-order valence-electron chi connectivity index (χ2n) is 4.22. The molecule has 1 amide bonds. The lowest BCUT2D eigenvalue weighted by molar-refractivity contribution is 0.0941. The number of hydrogen-bond donors (Lipinski definition) is 2. The Morgan fingerprint density at radius 3 is 3.00 bits per heavy atom. The SMILES string of the molecule is CCn1cc(N)cc1C(=O)NCc1ccnc(C)n1. The molecule has 2 aromatic heterocycles. The molecule has 2 aromatic rings. The van der Waals surface area contributed by atoms with E-state index >= 15 is 0 Å². The van der Waals surface area contributed by atoms with E-state index < -0.39 is 0 Å². The minimum Gasteiger partial charge on any atom is -0.397 e. The van der Waals surface area contributed by atoms with E-state index in [-0.39, 0.29) is 5.91 Å². The third-order valence-electron chi connectivity index (χ3n) is 2.75. The summed E-state index contributed by atoms with van der Waals surface area (Å²) in [4.78, 5) is 20.3. The number of amides is 1. The van der Waals surface area contributed by atoms with Gasteiger partial charge in [0, 0.05) is 18.9 Å². The lowest BCUT2D eigenvalue weighted by atomic mass is 10.3. The van der Waals surface area contributed by atoms with Gasteiger partial charge in [0.2, 0.25) is 0 Å². The zero-order valence-corrected chi connectivity index (χ0v) is 11.1. The highest BCUT2D eigenvalue weighted by Crippen LogP contribution is 2.10. The molecular weight excluding hydrogens is 242 g/mol. The number of rotatable bonds is 4. The third-order valence-corrected chi connectivity index (χ3v) is 2.75. The second-order valence-corrected chi connectivity index (χ2v) is 4.22. The Balaban J connectivity index is 2.05. The highest BCUT2D eigenvalue weighted by Gasteiger charge is 2.11. The van der Waals surface area contributed by atoms with Gasteiger partial charge in [0.1, 0.15) is 11.5 Å². The summed E-state index contributed by atoms with van der Waals surface area (Å²) in [7, 11) is 0. The quantitative estimate of drug-likeness (QED) is 0.861. The third kappa shape index (κ3) is 3.09. The van der Waals surface area contributed by atoms with E-state index in [9.17, 15) is 4.79 Å². The highest BCUT2D eigenvalue weighted by atomic mass is 16.1. The molecule has 0 fully saturated rings. The fourth-order valence-corrected chi connectivity index (χ4v) is 1.85. The fraction of sp³-hybridized carbons (Fsp3) is 0.308. The molecule has 0 atom stereocenters. The summed E-state index contributed by atoms with van der Waals surface area (Å²) in [6.45, 7) is 4.85. The number of nitrogens with zero attached hydrogens (tertiary/aromatic N) is 3. The predicted molar refractivity (Wildman–Crippen MR) is 72.5 cm³/mol. The van der Waals surface area contributed by atoms with E-state index in [1.54, 1.807) is 24.5 Å². The number of nitrogens with one attached hydrogen (secondary N) is 1. The van der Waals surface area contributed by atoms with E-state index in [1.807, 2.05) is 18.4 Å². The number of hydrogen-bond acceptors (Lipinski definition) is 4. The normalized spacial score (nSPS) is 10.4. The summed E-state index contributed by atoms with van der Waals surface area (Å²) < 4.78 is 1.82. The van der Waals surface area contributed by atoms with Crippen LogP contribution in [0.3, 0.4) is 0 Å². The monoisotopic (exact) mass is 259 g/mol. The molecule has 0 aromatic carbocycles. The summed E-state index contributed by atoms with van der Waals surface area (Å²) >= 11 is 0. The molecule has 100 valence electrons. The maximum atomic E-state index is 12.1. The van der Waals surface area contributed by atoms with Crippen LogP contribution in [0, 0.1) is 6.92 Å². The van der Waals surface area contributed by atoms with Crippen molar-refractivity contribution in [3.63, 3.8) is 0 Å². The molecule has 6 nitrogen and oxygen atoms in total. The van der Waals surface area contributed by atoms with Crippen molar-refractivity contribution in [3.8, 4) is 0 Å². The molecule has 0 saturated heterocycles. The molecule has 0 bridgehead atoms. The lowest BCUT2D eigenvalue weighted by Crippen LogP contribution is -2.25. The minimum atomic E-state index is -0.158. The molecule has 0 radical (unpaired) electrons. The van der Waals surface area contributed by atoms with Gasteiger partial charge in [-0.1, -0.05) is 0 Å². The van der Waals surface area contributed by atoms with Crippen molar-refractivity contribution in [2.45, 2.75) is 26.9 Å². The van der Waals surface area contributed by atoms with Gasteiger partial charge in [0.05, 0.1) is 17.9 Å². The Kier molecular flexibility index (Phi) is 3.79. The van der Waals surface area contributed by atoms with Crippen molar-refractivity contribution in [1.29, 1.82) is 0 Å². The van der Waals surface area contributed by atoms with Crippen molar-refractivity contribution in [3.05, 3.63) is 41.7 Å². The Morgan fingerprint density at radius 1 is 1.53 bits per heavy atom. The van der Waals surface area contributed by atoms with Gasteiger partial charge in [-0.3, -0.25) is 4.79 Å². The molecule has 0 aliphatic heterocycles. The van der Waals surface area contributed by atoms with Crippen LogP contribution in [-0.4, -0.2) is 20.4 Å². The number of aryl methyl sites for hydroxylation is 2. The fourth-order valence-electron chi connectivity index (χ4n) is 1.85. The van der Waals surface area contributed by atoms with Crippen molar-refractivity contribution >= 4 is 11.6 Å². The van der Waals surface area contributed by atoms with E-state index in [4.69, 9.17) is 5.73 Å². The van der Waals surface area contributed by atoms with Crippen molar-refractivity contribution < 1.29 is 4.79 Å². The van der Waals surface area contributed by atoms with Crippen LogP contribution in [0.25, 0.3) is 0 Å². The maximum Gasteiger partial charge on any atom is 0.268 e. The van der Waals surface area contributed by atoms with Gasteiger partial charge < -0.3 is 15.6 Å². The number of nitrogen functional groups attached to an aromatic ring is 1. The van der Waals surface area contributed by atoms with Crippen LogP contribution in [0.5, 0.6) is 0 Å². The number of aromatic nitrogens is 3. The number of anilines is 1. The summed E-state index contributed by atoms with van der Waals surface area (Å²) in [6, 6.07) is 3.45. The molecule has 2 heterocycles. The van der Waals surface area contributed by atoms with Gasteiger partial charge >= 0.3 is 0 Å². The van der Waals surface area contributed by atoms with Gasteiger partial charge in [0.25, 0.3) is 5.91 Å². The predicted octanol–water partition coefficient (Wildman–Crippen LogP) is 1.12. The van der Waals surface area contributed by atoms with Crippen LogP contribution < -0.4 is 11.1 Å². The summed E-state index contributed by atoms with van der Waals surface area (Å²) in [6.07, 6.45) is 3.43. The topological polar surface area (TPSA) is 85.8 Å². The molecule has 19 heavy (non-hydrogen) atoms. The minimum absolute atomic E-state index is 0.158. The molecule has 3 N–H and O–H groups in total. The van der Waals surface area contributed by atoms with Gasteiger partial charge in [-0.15, -0.1) is 0 Å². The maximum absolute atomic E-state index is 12.1. The van der Waals surface area contributed by atoms with Gasteiger partial charge in [-0.2, -0.15) is 0 Å². The first-order valence-electron chi connectivity index (χ1n) is 6.12. The van der Waals surface area contributed by atoms with E-state index in [2.05, 4.69) is 15.3 Å². The molecule has 0 aliphatic rings. The largest absolute Gasteiger partial charge is 0.397 e. The second kappa shape index (κ2) is 5.51. The highest BCUT2D eigenvalue weighted by molar-refractivity contribution is 5.93. The molecular formula is C13H17N5O. The summed E-state index contributed by atoms with van der Waals surface area (Å²) in [5, 5.41) is 2.82. The Morgan fingerprint density at radius 2 is 2.32 bits per heavy atom. The first kappa shape index (κ1) is 13.1. The van der Waals surface area contributed by atoms with Crippen LogP contribution >= 0.6 is 0 Å². The molecule has 2 rings (SSSR count). The average Bonchev–Trinajstić information content (AvgIpc) is 2.77. The first-order valence-corrected chi connectivity index (χ1v) is 6.12. The standard InChI is InChI=1S/C13H17N5O/c1-3-18-8-10(14)6-12(18)13(19)16-7-11-4-5-15-9(2)17-11/h4-6,8H,3,7,14H2,1-2H3,(H,16,19). The van der Waals surface area contributed by atoms with Crippen LogP contribution in [0.4, 0.5) is 5.69 Å². The molecule has 0 unspecified atom stereocenters. The van der Waals surface area contributed by atoms with Gasteiger partial charge in [-0.25, -0.2) is 9.97 Å². The van der Waals surface area contributed by atoms with E-state index in [1.165, 1.54) is 0 Å². The first-order chi connectivity index (χ1) is 9.10. The van der Waals surface area contributed by atoms with Crippen LogP contribution in [-0.2, 0) is 13.1 Å². The summed E-state index contributed by atoms with van der Waals surface area (Å²) in [5.41, 5.74) is 7.63. The van der Waals surface area contributed by atoms with E-state index in [0.29, 0.717) is 30.3 Å². The molecule has 0 spiro atoms. The zero-order chi connectivity index (χ0) is 13.8. The van der Waals surface area contributed by atoms with Crippen molar-refractivity contribution in [1.82, 2.24) is 19.9 Å². The van der Waals surface area contributed by atoms with Crippen molar-refractivity contribution in [2.24, 2.45) is 0 Å². The van der Waals surface area contributed by atoms with Crippen LogP contribution in [0.15, 0.2) is 24.5 Å². The van der Waals surface area contributed by atoms with Gasteiger partial charge in [-0.05, 0) is 26.0 Å². The average molecular weight is 259 g/mol. The van der Waals surface area contributed by atoms with Crippen LogP contribution in [0.2, 0.25) is 0 Å². The summed E-state index contributed by atoms with van der Waals surface area (Å²) in [5.74, 6) is 0.530. The number of carbonyl (C=O) groups excluding carboxylic acids is 1. The molecule has 0 saturated carbocycles. The molecule has 0 aliphatic carbocycles. The lowest BCUT2D eigenvalue weighted by Gasteiger charge is -2.07. The smallest absolute Gasteiger partial charge is 0.268 e. The molecule has 6 heteroatoms. The number of nitrogens with two attached hydrogens (primary N) is 1. The van der Waals surface area contributed by atoms with Crippen LogP contribution in [0.1, 0.15) is 28.9 Å². The Hall–Kier alpha value is -2.37. The Bertz CT molecular complexity index is 590. The zero-order valence-electron chi connectivity index (χ0n) is 11.1. The van der Waals surface area contributed by atoms with E-state index in [0.717, 1.165) is 5.69 Å². The van der Waals surface area contributed by atoms with Crippen molar-refractivity contribution in [2.75, 3.05) is 5.73 Å². The van der Waals surface area contributed by atoms with Gasteiger partial charge in [0.15, 0.2) is 0 Å².